The van der Waals surface area contributed by atoms with Crippen LogP contribution in [0.25, 0.3) is 0 Å². The van der Waals surface area contributed by atoms with Crippen LogP contribution in [0.15, 0.2) is 21.4 Å². The summed E-state index contributed by atoms with van der Waals surface area (Å²) in [7, 11) is 0. The highest BCUT2D eigenvalue weighted by atomic mass is 32.2. The lowest BCUT2D eigenvalue weighted by Crippen LogP contribution is -1.99. The van der Waals surface area contributed by atoms with E-state index in [4.69, 9.17) is 10.5 Å². The van der Waals surface area contributed by atoms with Gasteiger partial charge in [0.1, 0.15) is 5.01 Å². The third-order valence-electron chi connectivity index (χ3n) is 2.23. The standard InChI is InChI=1S/C12H14FN3OS2/c1-3-4-17-10-6-11(9(14)5-8(10)13)19-12-16-15-7(2)18-12/h5-6H,3-4,14H2,1-2H3. The van der Waals surface area contributed by atoms with Gasteiger partial charge in [0, 0.05) is 16.6 Å². The van der Waals surface area contributed by atoms with E-state index >= 15 is 0 Å². The van der Waals surface area contributed by atoms with E-state index < -0.39 is 5.82 Å². The Kier molecular flexibility index (Phi) is 4.60. The van der Waals surface area contributed by atoms with Gasteiger partial charge in [0.2, 0.25) is 0 Å². The number of aromatic nitrogens is 2. The number of anilines is 1. The zero-order valence-electron chi connectivity index (χ0n) is 10.6. The lowest BCUT2D eigenvalue weighted by Gasteiger charge is -2.09. The fraction of sp³-hybridized carbons (Fsp3) is 0.333. The van der Waals surface area contributed by atoms with Crippen molar-refractivity contribution in [3.63, 3.8) is 0 Å². The first-order valence-corrected chi connectivity index (χ1v) is 7.43. The highest BCUT2D eigenvalue weighted by Gasteiger charge is 2.12. The van der Waals surface area contributed by atoms with Crippen molar-refractivity contribution < 1.29 is 9.13 Å². The molecular formula is C12H14FN3OS2. The number of halogens is 1. The summed E-state index contributed by atoms with van der Waals surface area (Å²) in [5, 5.41) is 8.82. The Hall–Kier alpha value is -1.34. The molecule has 4 nitrogen and oxygen atoms in total. The number of hydrogen-bond acceptors (Lipinski definition) is 6. The topological polar surface area (TPSA) is 61.0 Å². The maximum absolute atomic E-state index is 13.7. The maximum Gasteiger partial charge on any atom is 0.179 e. The molecule has 0 radical (unpaired) electrons. The third-order valence-corrected chi connectivity index (χ3v) is 4.19. The first-order chi connectivity index (χ1) is 9.10. The summed E-state index contributed by atoms with van der Waals surface area (Å²) >= 11 is 2.83. The van der Waals surface area contributed by atoms with Crippen molar-refractivity contribution in [2.75, 3.05) is 12.3 Å². The average Bonchev–Trinajstić information content (AvgIpc) is 2.77. The van der Waals surface area contributed by atoms with Crippen LogP contribution in [0.5, 0.6) is 5.75 Å². The largest absolute Gasteiger partial charge is 0.490 e. The lowest BCUT2D eigenvalue weighted by molar-refractivity contribution is 0.300. The molecule has 1 heterocycles. The van der Waals surface area contributed by atoms with E-state index in [1.165, 1.54) is 29.2 Å². The summed E-state index contributed by atoms with van der Waals surface area (Å²) in [6, 6.07) is 2.89. The van der Waals surface area contributed by atoms with Gasteiger partial charge in [-0.25, -0.2) is 4.39 Å². The monoisotopic (exact) mass is 299 g/mol. The van der Waals surface area contributed by atoms with E-state index in [1.807, 2.05) is 13.8 Å². The van der Waals surface area contributed by atoms with Crippen molar-refractivity contribution in [3.8, 4) is 5.75 Å². The van der Waals surface area contributed by atoms with Gasteiger partial charge in [-0.15, -0.1) is 10.2 Å². The van der Waals surface area contributed by atoms with Crippen LogP contribution >= 0.6 is 23.1 Å². The van der Waals surface area contributed by atoms with Crippen molar-refractivity contribution in [1.29, 1.82) is 0 Å². The van der Waals surface area contributed by atoms with Gasteiger partial charge in [-0.1, -0.05) is 30.0 Å². The van der Waals surface area contributed by atoms with Crippen molar-refractivity contribution in [2.24, 2.45) is 0 Å². The smallest absolute Gasteiger partial charge is 0.179 e. The normalized spacial score (nSPS) is 10.7. The van der Waals surface area contributed by atoms with Crippen LogP contribution < -0.4 is 10.5 Å². The van der Waals surface area contributed by atoms with E-state index in [1.54, 1.807) is 6.07 Å². The lowest BCUT2D eigenvalue weighted by atomic mass is 10.3. The first kappa shape index (κ1) is 14.1. The van der Waals surface area contributed by atoms with Crippen LogP contribution in [0.3, 0.4) is 0 Å². The van der Waals surface area contributed by atoms with Gasteiger partial charge in [-0.2, -0.15) is 0 Å². The Morgan fingerprint density at radius 1 is 1.42 bits per heavy atom. The molecule has 102 valence electrons. The molecule has 0 atom stereocenters. The molecule has 1 aromatic heterocycles. The molecule has 19 heavy (non-hydrogen) atoms. The number of aryl methyl sites for hydroxylation is 1. The minimum atomic E-state index is -0.441. The fourth-order valence-corrected chi connectivity index (χ4v) is 3.20. The molecular weight excluding hydrogens is 285 g/mol. The van der Waals surface area contributed by atoms with Gasteiger partial charge in [0.15, 0.2) is 15.9 Å². The van der Waals surface area contributed by atoms with Crippen molar-refractivity contribution in [3.05, 3.63) is 23.0 Å². The second-order valence-electron chi connectivity index (χ2n) is 3.86. The van der Waals surface area contributed by atoms with E-state index in [9.17, 15) is 4.39 Å². The highest BCUT2D eigenvalue weighted by Crippen LogP contribution is 2.37. The third kappa shape index (κ3) is 3.57. The molecule has 2 N–H and O–H groups in total. The number of ether oxygens (including phenoxy) is 1. The Labute approximate surface area is 119 Å². The van der Waals surface area contributed by atoms with Gasteiger partial charge < -0.3 is 10.5 Å². The van der Waals surface area contributed by atoms with E-state index in [-0.39, 0.29) is 5.75 Å². The molecule has 2 rings (SSSR count). The molecule has 2 aromatic rings. The number of hydrogen-bond donors (Lipinski definition) is 1. The molecule has 0 unspecified atom stereocenters. The summed E-state index contributed by atoms with van der Waals surface area (Å²) in [5.41, 5.74) is 6.19. The molecule has 0 aliphatic carbocycles. The van der Waals surface area contributed by atoms with Crippen LogP contribution in [0.4, 0.5) is 10.1 Å². The second kappa shape index (κ2) is 6.21. The molecule has 1 aromatic carbocycles. The molecule has 0 saturated carbocycles. The Morgan fingerprint density at radius 3 is 2.84 bits per heavy atom. The van der Waals surface area contributed by atoms with Gasteiger partial charge in [0.05, 0.1) is 6.61 Å². The summed E-state index contributed by atoms with van der Waals surface area (Å²) in [6.07, 6.45) is 0.821. The van der Waals surface area contributed by atoms with Crippen LogP contribution in [0.2, 0.25) is 0 Å². The molecule has 7 heteroatoms. The van der Waals surface area contributed by atoms with Gasteiger partial charge >= 0.3 is 0 Å². The van der Waals surface area contributed by atoms with Gasteiger partial charge in [-0.3, -0.25) is 0 Å². The van der Waals surface area contributed by atoms with Crippen LogP contribution in [0, 0.1) is 12.7 Å². The summed E-state index contributed by atoms with van der Waals surface area (Å²) in [4.78, 5) is 0.726. The Bertz CT molecular complexity index is 574. The van der Waals surface area contributed by atoms with Crippen molar-refractivity contribution >= 4 is 28.8 Å². The highest BCUT2D eigenvalue weighted by molar-refractivity contribution is 8.01. The predicted octanol–water partition coefficient (Wildman–Crippen LogP) is 3.51. The number of nitrogen functional groups attached to an aromatic ring is 1. The quantitative estimate of drug-likeness (QED) is 0.856. The number of benzene rings is 1. The first-order valence-electron chi connectivity index (χ1n) is 5.80. The van der Waals surface area contributed by atoms with E-state index in [2.05, 4.69) is 10.2 Å². The molecule has 0 saturated heterocycles. The molecule has 0 aliphatic rings. The maximum atomic E-state index is 13.7. The van der Waals surface area contributed by atoms with E-state index in [0.717, 1.165) is 20.7 Å². The zero-order valence-corrected chi connectivity index (χ0v) is 12.3. The Morgan fingerprint density at radius 2 is 2.21 bits per heavy atom. The summed E-state index contributed by atoms with van der Waals surface area (Å²) in [6.45, 7) is 4.32. The van der Waals surface area contributed by atoms with Crippen LogP contribution in [-0.4, -0.2) is 16.8 Å². The van der Waals surface area contributed by atoms with Crippen molar-refractivity contribution in [2.45, 2.75) is 29.5 Å². The summed E-state index contributed by atoms with van der Waals surface area (Å²) < 4.78 is 19.8. The fourth-order valence-electron chi connectivity index (χ4n) is 1.37. The molecule has 0 bridgehead atoms. The molecule has 0 fully saturated rings. The zero-order chi connectivity index (χ0) is 13.8. The minimum absolute atomic E-state index is 0.222. The second-order valence-corrected chi connectivity index (χ2v) is 6.33. The minimum Gasteiger partial charge on any atom is -0.490 e. The van der Waals surface area contributed by atoms with Gasteiger partial charge in [0.25, 0.3) is 0 Å². The van der Waals surface area contributed by atoms with Crippen LogP contribution in [0.1, 0.15) is 18.4 Å². The molecule has 0 aliphatic heterocycles. The average molecular weight is 299 g/mol. The number of nitrogens with two attached hydrogens (primary N) is 1. The number of nitrogens with zero attached hydrogens (tertiary/aromatic N) is 2. The van der Waals surface area contributed by atoms with E-state index in [0.29, 0.717) is 12.3 Å². The predicted molar refractivity (Wildman–Crippen MR) is 75.4 cm³/mol. The Balaban J connectivity index is 2.24. The van der Waals surface area contributed by atoms with Crippen molar-refractivity contribution in [1.82, 2.24) is 10.2 Å². The number of rotatable bonds is 5. The van der Waals surface area contributed by atoms with Crippen LogP contribution in [-0.2, 0) is 0 Å². The summed E-state index contributed by atoms with van der Waals surface area (Å²) in [5.74, 6) is -0.219. The van der Waals surface area contributed by atoms with Gasteiger partial charge in [-0.05, 0) is 19.4 Å². The molecule has 0 amide bonds. The SMILES string of the molecule is CCCOc1cc(Sc2nnc(C)s2)c(N)cc1F. The molecule has 0 spiro atoms.